The number of carbonyl (C=O) groups excluding carboxylic acids is 1. The Bertz CT molecular complexity index is 1470. The Hall–Kier alpha value is -3.01. The van der Waals surface area contributed by atoms with Gasteiger partial charge in [0.1, 0.15) is 5.76 Å². The molecule has 1 saturated heterocycles. The number of aromatic nitrogens is 1. The van der Waals surface area contributed by atoms with Crippen LogP contribution < -0.4 is 4.90 Å². The molecule has 0 bridgehead atoms. The molecule has 0 N–H and O–H groups in total. The summed E-state index contributed by atoms with van der Waals surface area (Å²) in [7, 11) is -3.62. The van der Waals surface area contributed by atoms with Crippen molar-refractivity contribution in [2.45, 2.75) is 63.9 Å². The van der Waals surface area contributed by atoms with Crippen molar-refractivity contribution < 1.29 is 17.6 Å². The molecule has 2 aromatic heterocycles. The van der Waals surface area contributed by atoms with Crippen LogP contribution in [0.2, 0.25) is 0 Å². The minimum absolute atomic E-state index is 0.0230. The predicted molar refractivity (Wildman–Crippen MR) is 147 cm³/mol. The van der Waals surface area contributed by atoms with E-state index in [2.05, 4.69) is 6.07 Å². The van der Waals surface area contributed by atoms with Gasteiger partial charge in [0.25, 0.3) is 5.91 Å². The molecule has 9 heteroatoms. The molecule has 2 aromatic carbocycles. The number of nitrogens with zero attached hydrogens (tertiary/aromatic N) is 3. The van der Waals surface area contributed by atoms with Crippen LogP contribution >= 0.6 is 11.3 Å². The summed E-state index contributed by atoms with van der Waals surface area (Å²) in [5, 5.41) is 0.574. The number of anilines is 1. The fourth-order valence-electron chi connectivity index (χ4n) is 4.91. The highest BCUT2D eigenvalue weighted by atomic mass is 32.2. The fraction of sp³-hybridized carbons (Fsp3) is 0.357. The first kappa shape index (κ1) is 25.6. The van der Waals surface area contributed by atoms with Crippen LogP contribution in [-0.4, -0.2) is 36.2 Å². The van der Waals surface area contributed by atoms with Crippen molar-refractivity contribution in [3.05, 3.63) is 77.2 Å². The van der Waals surface area contributed by atoms with Gasteiger partial charge in [-0.3, -0.25) is 9.69 Å². The van der Waals surface area contributed by atoms with Crippen LogP contribution in [0.5, 0.6) is 0 Å². The number of carbonyl (C=O) groups is 1. The van der Waals surface area contributed by atoms with Gasteiger partial charge in [-0.2, -0.15) is 4.31 Å². The molecule has 3 heterocycles. The molecule has 4 aromatic rings. The van der Waals surface area contributed by atoms with Crippen molar-refractivity contribution in [1.82, 2.24) is 9.29 Å². The zero-order valence-electron chi connectivity index (χ0n) is 21.3. The van der Waals surface area contributed by atoms with Gasteiger partial charge in [-0.05, 0) is 80.6 Å². The smallest absolute Gasteiger partial charge is 0.260 e. The number of aryl methyl sites for hydroxylation is 2. The Labute approximate surface area is 221 Å². The van der Waals surface area contributed by atoms with Crippen molar-refractivity contribution in [3.8, 4) is 0 Å². The van der Waals surface area contributed by atoms with Gasteiger partial charge in [0.05, 0.1) is 27.9 Å². The fourth-order valence-corrected chi connectivity index (χ4v) is 7.78. The Morgan fingerprint density at radius 1 is 1.11 bits per heavy atom. The van der Waals surface area contributed by atoms with E-state index in [0.717, 1.165) is 47.0 Å². The third kappa shape index (κ3) is 4.95. The molecule has 1 aliphatic heterocycles. The van der Waals surface area contributed by atoms with Crippen LogP contribution in [0.15, 0.2) is 64.1 Å². The van der Waals surface area contributed by atoms with Gasteiger partial charge in [0.2, 0.25) is 10.0 Å². The van der Waals surface area contributed by atoms with Gasteiger partial charge in [0.15, 0.2) is 5.13 Å². The topological polar surface area (TPSA) is 83.7 Å². The van der Waals surface area contributed by atoms with Crippen LogP contribution in [0, 0.1) is 13.8 Å². The standard InChI is InChI=1S/C28H31N3O4S2/c1-4-22-8-5-6-16-31(22)37(33,34)24-14-12-21(13-15-24)27(32)30(18-23-9-7-17-35-23)28-29-25-19(2)10-11-20(3)26(25)36-28/h7,9-15,17,22H,4-6,8,16,18H2,1-3H3. The summed E-state index contributed by atoms with van der Waals surface area (Å²) in [5.41, 5.74) is 3.42. The van der Waals surface area contributed by atoms with Gasteiger partial charge < -0.3 is 4.42 Å². The highest BCUT2D eigenvalue weighted by molar-refractivity contribution is 7.89. The van der Waals surface area contributed by atoms with Gasteiger partial charge in [-0.15, -0.1) is 0 Å². The normalized spacial score (nSPS) is 16.8. The summed E-state index contributed by atoms with van der Waals surface area (Å²) in [6.07, 6.45) is 5.17. The lowest BCUT2D eigenvalue weighted by Gasteiger charge is -2.34. The maximum Gasteiger partial charge on any atom is 0.260 e. The molecule has 1 atom stereocenters. The van der Waals surface area contributed by atoms with Gasteiger partial charge >= 0.3 is 0 Å². The third-order valence-electron chi connectivity index (χ3n) is 7.05. The van der Waals surface area contributed by atoms with E-state index in [0.29, 0.717) is 23.0 Å². The lowest BCUT2D eigenvalue weighted by Crippen LogP contribution is -2.43. The summed E-state index contributed by atoms with van der Waals surface area (Å²) in [4.78, 5) is 20.4. The summed E-state index contributed by atoms with van der Waals surface area (Å²) >= 11 is 1.47. The van der Waals surface area contributed by atoms with Crippen LogP contribution in [0.4, 0.5) is 5.13 Å². The van der Waals surface area contributed by atoms with E-state index in [1.54, 1.807) is 45.8 Å². The molecule has 0 spiro atoms. The van der Waals surface area contributed by atoms with Crippen molar-refractivity contribution in [2.24, 2.45) is 0 Å². The first-order valence-corrected chi connectivity index (χ1v) is 14.9. The lowest BCUT2D eigenvalue weighted by molar-refractivity contribution is 0.0983. The number of hydrogen-bond acceptors (Lipinski definition) is 6. The molecule has 1 aliphatic rings. The number of rotatable bonds is 7. The number of benzene rings is 2. The predicted octanol–water partition coefficient (Wildman–Crippen LogP) is 6.31. The molecule has 0 aliphatic carbocycles. The number of amides is 1. The molecule has 1 unspecified atom stereocenters. The largest absolute Gasteiger partial charge is 0.467 e. The van der Waals surface area contributed by atoms with Crippen molar-refractivity contribution >= 4 is 42.6 Å². The molecule has 37 heavy (non-hydrogen) atoms. The maximum atomic E-state index is 13.8. The first-order valence-electron chi connectivity index (χ1n) is 12.6. The molecule has 7 nitrogen and oxygen atoms in total. The number of fused-ring (bicyclic) bond motifs is 1. The van der Waals surface area contributed by atoms with E-state index in [4.69, 9.17) is 9.40 Å². The number of thiazole rings is 1. The Morgan fingerprint density at radius 2 is 1.86 bits per heavy atom. The van der Waals surface area contributed by atoms with Crippen LogP contribution in [-0.2, 0) is 16.6 Å². The Balaban J connectivity index is 1.48. The van der Waals surface area contributed by atoms with Gasteiger partial charge in [0, 0.05) is 18.2 Å². The van der Waals surface area contributed by atoms with Crippen LogP contribution in [0.3, 0.4) is 0 Å². The van der Waals surface area contributed by atoms with Gasteiger partial charge in [-0.25, -0.2) is 13.4 Å². The monoisotopic (exact) mass is 537 g/mol. The van der Waals surface area contributed by atoms with Crippen molar-refractivity contribution in [1.29, 1.82) is 0 Å². The Kier molecular flexibility index (Phi) is 7.20. The zero-order valence-corrected chi connectivity index (χ0v) is 22.9. The minimum atomic E-state index is -3.62. The average molecular weight is 538 g/mol. The van der Waals surface area contributed by atoms with Crippen LogP contribution in [0.1, 0.15) is 59.9 Å². The molecular formula is C28H31N3O4S2. The Morgan fingerprint density at radius 3 is 2.54 bits per heavy atom. The molecule has 1 fully saturated rings. The molecule has 5 rings (SSSR count). The van der Waals surface area contributed by atoms with Crippen molar-refractivity contribution in [3.63, 3.8) is 0 Å². The van der Waals surface area contributed by atoms with E-state index in [9.17, 15) is 13.2 Å². The summed E-state index contributed by atoms with van der Waals surface area (Å²) in [6.45, 7) is 6.82. The zero-order chi connectivity index (χ0) is 26.2. The summed E-state index contributed by atoms with van der Waals surface area (Å²) in [6, 6.07) is 14.0. The molecule has 1 amide bonds. The van der Waals surface area contributed by atoms with E-state index < -0.39 is 10.0 Å². The van der Waals surface area contributed by atoms with Crippen molar-refractivity contribution in [2.75, 3.05) is 11.4 Å². The quantitative estimate of drug-likeness (QED) is 0.276. The summed E-state index contributed by atoms with van der Waals surface area (Å²) < 4.78 is 35.0. The second kappa shape index (κ2) is 10.4. The molecular weight excluding hydrogens is 506 g/mol. The van der Waals surface area contributed by atoms with E-state index in [1.807, 2.05) is 32.9 Å². The summed E-state index contributed by atoms with van der Waals surface area (Å²) in [5.74, 6) is 0.370. The first-order chi connectivity index (χ1) is 17.8. The highest BCUT2D eigenvalue weighted by Gasteiger charge is 2.33. The second-order valence-electron chi connectivity index (χ2n) is 9.54. The molecule has 0 radical (unpaired) electrons. The molecule has 0 saturated carbocycles. The third-order valence-corrected chi connectivity index (χ3v) is 10.2. The van der Waals surface area contributed by atoms with Crippen LogP contribution in [0.25, 0.3) is 10.2 Å². The number of piperidine rings is 1. The number of furan rings is 1. The molecule has 194 valence electrons. The maximum absolute atomic E-state index is 13.8. The average Bonchev–Trinajstić information content (AvgIpc) is 3.60. The highest BCUT2D eigenvalue weighted by Crippen LogP contribution is 2.35. The number of sulfonamides is 1. The number of hydrogen-bond donors (Lipinski definition) is 0. The van der Waals surface area contributed by atoms with E-state index in [-0.39, 0.29) is 23.4 Å². The van der Waals surface area contributed by atoms with E-state index in [1.165, 1.54) is 11.3 Å². The van der Waals surface area contributed by atoms with Gasteiger partial charge in [-0.1, -0.05) is 36.8 Å². The minimum Gasteiger partial charge on any atom is -0.467 e. The lowest BCUT2D eigenvalue weighted by atomic mass is 10.0. The van der Waals surface area contributed by atoms with E-state index >= 15 is 0 Å². The second-order valence-corrected chi connectivity index (χ2v) is 12.4. The SMILES string of the molecule is CCC1CCCCN1S(=O)(=O)c1ccc(C(=O)N(Cc2ccco2)c2nc3c(C)ccc(C)c3s2)cc1.